The van der Waals surface area contributed by atoms with E-state index < -0.39 is 49.4 Å². The molecule has 15 heteroatoms. The van der Waals surface area contributed by atoms with E-state index in [4.69, 9.17) is 10.3 Å². The lowest BCUT2D eigenvalue weighted by Gasteiger charge is -2.14. The van der Waals surface area contributed by atoms with E-state index in [0.717, 1.165) is 36.4 Å². The molecule has 6 N–H and O–H groups in total. The second kappa shape index (κ2) is 8.12. The minimum atomic E-state index is -4.02. The van der Waals surface area contributed by atoms with Gasteiger partial charge in [0.2, 0.25) is 26.0 Å². The van der Waals surface area contributed by atoms with Crippen molar-refractivity contribution in [1.82, 2.24) is 0 Å². The molecule has 0 aliphatic carbocycles. The SMILES string of the molecule is NS(=O)(=O)c1ccc(NC(=O)[C@@H]2C(=O)N(c3ccc(S(N)(=O)=O)cc3)C(=O)/C2=N\O)cc1. The van der Waals surface area contributed by atoms with Crippen LogP contribution in [-0.2, 0) is 34.4 Å². The Hall–Kier alpha value is -3.66. The van der Waals surface area contributed by atoms with Crippen LogP contribution in [0, 0.1) is 5.92 Å². The average Bonchev–Trinajstić information content (AvgIpc) is 2.96. The fourth-order valence-corrected chi connectivity index (χ4v) is 3.92. The second-order valence-electron chi connectivity index (χ2n) is 6.49. The summed E-state index contributed by atoms with van der Waals surface area (Å²) in [4.78, 5) is 38.1. The number of carbonyl (C=O) groups is 3. The lowest BCUT2D eigenvalue weighted by molar-refractivity contribution is -0.127. The third-order valence-corrected chi connectivity index (χ3v) is 6.27. The van der Waals surface area contributed by atoms with Gasteiger partial charge >= 0.3 is 0 Å². The van der Waals surface area contributed by atoms with Crippen molar-refractivity contribution < 1.29 is 36.4 Å². The van der Waals surface area contributed by atoms with Crippen LogP contribution in [0.25, 0.3) is 0 Å². The van der Waals surface area contributed by atoms with Gasteiger partial charge in [-0.2, -0.15) is 0 Å². The first-order valence-corrected chi connectivity index (χ1v) is 11.6. The maximum absolute atomic E-state index is 12.8. The van der Waals surface area contributed by atoms with E-state index >= 15 is 0 Å². The highest BCUT2D eigenvalue weighted by molar-refractivity contribution is 7.89. The van der Waals surface area contributed by atoms with Gasteiger partial charge in [0, 0.05) is 5.69 Å². The lowest BCUT2D eigenvalue weighted by atomic mass is 10.1. The van der Waals surface area contributed by atoms with Crippen molar-refractivity contribution in [3.05, 3.63) is 48.5 Å². The molecule has 0 unspecified atom stereocenters. The minimum Gasteiger partial charge on any atom is -0.410 e. The summed E-state index contributed by atoms with van der Waals surface area (Å²) in [7, 11) is -7.98. The standard InChI is InChI=1S/C17H15N5O8S2/c18-31(27,28)11-5-1-9(2-6-11)20-15(23)13-14(21-26)17(25)22(16(13)24)10-3-7-12(8-4-10)32(19,29)30/h1-8,13,26H,(H,20,23)(H2,18,27,28)(H2,19,29,30)/b21-14-/t13-/m1/s1. The topological polar surface area (TPSA) is 219 Å². The Balaban J connectivity index is 1.88. The molecule has 1 heterocycles. The molecule has 0 spiro atoms. The predicted octanol–water partition coefficient (Wildman–Crippen LogP) is -1.06. The van der Waals surface area contributed by atoms with Crippen LogP contribution in [0.1, 0.15) is 0 Å². The van der Waals surface area contributed by atoms with Crippen LogP contribution < -0.4 is 20.5 Å². The number of nitrogens with two attached hydrogens (primary N) is 2. The maximum atomic E-state index is 12.8. The summed E-state index contributed by atoms with van der Waals surface area (Å²) in [6.45, 7) is 0. The van der Waals surface area contributed by atoms with E-state index in [2.05, 4.69) is 10.5 Å². The molecule has 0 radical (unpaired) electrons. The van der Waals surface area contributed by atoms with Gasteiger partial charge in [0.15, 0.2) is 11.6 Å². The third-order valence-electron chi connectivity index (χ3n) is 4.41. The van der Waals surface area contributed by atoms with Crippen LogP contribution in [0.5, 0.6) is 0 Å². The first-order valence-electron chi connectivity index (χ1n) is 8.51. The summed E-state index contributed by atoms with van der Waals surface area (Å²) in [5.74, 6) is -4.98. The number of carbonyl (C=O) groups excluding carboxylic acids is 3. The Bertz CT molecular complexity index is 1350. The number of benzene rings is 2. The molecule has 0 aromatic heterocycles. The van der Waals surface area contributed by atoms with Gasteiger partial charge in [-0.1, -0.05) is 5.16 Å². The van der Waals surface area contributed by atoms with E-state index in [1.165, 1.54) is 12.1 Å². The van der Waals surface area contributed by atoms with Gasteiger partial charge in [-0.3, -0.25) is 14.4 Å². The largest absolute Gasteiger partial charge is 0.410 e. The second-order valence-corrected chi connectivity index (χ2v) is 9.62. The molecule has 1 atom stereocenters. The van der Waals surface area contributed by atoms with Crippen LogP contribution in [0.2, 0.25) is 0 Å². The molecule has 1 aliphatic heterocycles. The maximum Gasteiger partial charge on any atom is 0.284 e. The summed E-state index contributed by atoms with van der Waals surface area (Å²) >= 11 is 0. The molecule has 0 saturated carbocycles. The number of sulfonamides is 2. The number of anilines is 2. The molecule has 3 rings (SSSR count). The van der Waals surface area contributed by atoms with Crippen LogP contribution in [0.15, 0.2) is 63.5 Å². The Morgan fingerprint density at radius 1 is 0.906 bits per heavy atom. The quantitative estimate of drug-likeness (QED) is 0.178. The minimum absolute atomic E-state index is 0.0795. The van der Waals surface area contributed by atoms with Crippen LogP contribution >= 0.6 is 0 Å². The first-order chi connectivity index (χ1) is 14.8. The third kappa shape index (κ3) is 4.35. The molecule has 3 amide bonds. The van der Waals surface area contributed by atoms with Gasteiger partial charge in [0.25, 0.3) is 11.8 Å². The van der Waals surface area contributed by atoms with Gasteiger partial charge in [0.05, 0.1) is 15.5 Å². The number of hydrogen-bond donors (Lipinski definition) is 4. The zero-order chi connectivity index (χ0) is 23.8. The van der Waals surface area contributed by atoms with Gasteiger partial charge in [-0.15, -0.1) is 0 Å². The summed E-state index contributed by atoms with van der Waals surface area (Å²) in [6, 6.07) is 9.01. The van der Waals surface area contributed by atoms with Crippen molar-refractivity contribution in [2.24, 2.45) is 21.4 Å². The van der Waals surface area contributed by atoms with E-state index in [1.54, 1.807) is 0 Å². The molecular formula is C17H15N5O8S2. The van der Waals surface area contributed by atoms with Crippen molar-refractivity contribution in [2.75, 3.05) is 10.2 Å². The zero-order valence-corrected chi connectivity index (χ0v) is 17.5. The fourth-order valence-electron chi connectivity index (χ4n) is 2.89. The van der Waals surface area contributed by atoms with Crippen molar-refractivity contribution in [1.29, 1.82) is 0 Å². The number of oxime groups is 1. The molecule has 32 heavy (non-hydrogen) atoms. The van der Waals surface area contributed by atoms with Gasteiger partial charge < -0.3 is 10.5 Å². The molecule has 2 aromatic rings. The van der Waals surface area contributed by atoms with E-state index in [9.17, 15) is 36.4 Å². The monoisotopic (exact) mass is 481 g/mol. The van der Waals surface area contributed by atoms with Crippen LogP contribution in [0.3, 0.4) is 0 Å². The van der Waals surface area contributed by atoms with Crippen molar-refractivity contribution in [3.8, 4) is 0 Å². The zero-order valence-electron chi connectivity index (χ0n) is 15.9. The molecule has 1 fully saturated rings. The van der Waals surface area contributed by atoms with Crippen LogP contribution in [0.4, 0.5) is 11.4 Å². The number of amides is 3. The summed E-state index contributed by atoms with van der Waals surface area (Å²) < 4.78 is 45.3. The molecule has 1 aliphatic rings. The highest BCUT2D eigenvalue weighted by Gasteiger charge is 2.50. The van der Waals surface area contributed by atoms with E-state index in [1.807, 2.05) is 0 Å². The van der Waals surface area contributed by atoms with Gasteiger partial charge in [-0.25, -0.2) is 32.0 Å². The Labute approximate surface area is 181 Å². The Morgan fingerprint density at radius 3 is 1.81 bits per heavy atom. The number of nitrogens with zero attached hydrogens (tertiary/aromatic N) is 2. The van der Waals surface area contributed by atoms with Crippen molar-refractivity contribution in [2.45, 2.75) is 9.79 Å². The summed E-state index contributed by atoms with van der Waals surface area (Å²) in [5.41, 5.74) is -0.763. The number of imide groups is 1. The first kappa shape index (κ1) is 23.0. The van der Waals surface area contributed by atoms with Crippen molar-refractivity contribution >= 4 is 54.9 Å². The van der Waals surface area contributed by atoms with E-state index in [-0.39, 0.29) is 21.2 Å². The summed E-state index contributed by atoms with van der Waals surface area (Å²) in [6.07, 6.45) is 0. The number of hydrogen-bond acceptors (Lipinski definition) is 9. The fraction of sp³-hybridized carbons (Fsp3) is 0.0588. The van der Waals surface area contributed by atoms with Crippen LogP contribution in [-0.4, -0.2) is 45.5 Å². The Kier molecular flexibility index (Phi) is 5.84. The lowest BCUT2D eigenvalue weighted by Crippen LogP contribution is -2.34. The summed E-state index contributed by atoms with van der Waals surface area (Å²) in [5, 5.41) is 24.3. The molecule has 13 nitrogen and oxygen atoms in total. The number of nitrogens with one attached hydrogen (secondary N) is 1. The highest BCUT2D eigenvalue weighted by atomic mass is 32.2. The number of rotatable bonds is 5. The highest BCUT2D eigenvalue weighted by Crippen LogP contribution is 2.27. The average molecular weight is 481 g/mol. The van der Waals surface area contributed by atoms with E-state index in [0.29, 0.717) is 4.90 Å². The molecule has 168 valence electrons. The normalized spacial score (nSPS) is 18.2. The van der Waals surface area contributed by atoms with Gasteiger partial charge in [-0.05, 0) is 48.5 Å². The smallest absolute Gasteiger partial charge is 0.284 e. The van der Waals surface area contributed by atoms with Crippen molar-refractivity contribution in [3.63, 3.8) is 0 Å². The molecule has 2 aromatic carbocycles. The predicted molar refractivity (Wildman–Crippen MR) is 109 cm³/mol. The molecule has 0 bridgehead atoms. The van der Waals surface area contributed by atoms with Gasteiger partial charge in [0.1, 0.15) is 0 Å². The molecule has 1 saturated heterocycles. The Morgan fingerprint density at radius 2 is 1.38 bits per heavy atom. The molecular weight excluding hydrogens is 466 g/mol. The number of primary sulfonamides is 2.